The van der Waals surface area contributed by atoms with Gasteiger partial charge in [-0.3, -0.25) is 0 Å². The van der Waals surface area contributed by atoms with Crippen molar-refractivity contribution in [2.24, 2.45) is 5.90 Å². The van der Waals surface area contributed by atoms with Gasteiger partial charge in [-0.25, -0.2) is 0 Å². The summed E-state index contributed by atoms with van der Waals surface area (Å²) >= 11 is 0. The van der Waals surface area contributed by atoms with Crippen LogP contribution in [0.2, 0.25) is 0 Å². The van der Waals surface area contributed by atoms with E-state index in [2.05, 4.69) is 44.9 Å². The molecule has 0 bridgehead atoms. The van der Waals surface area contributed by atoms with E-state index in [1.165, 1.54) is 5.56 Å². The van der Waals surface area contributed by atoms with E-state index in [4.69, 9.17) is 10.7 Å². The Morgan fingerprint density at radius 1 is 1.09 bits per heavy atom. The molecular formula is C21H25NO. The molecule has 0 amide bonds. The van der Waals surface area contributed by atoms with Crippen LogP contribution in [-0.2, 0) is 4.84 Å². The molecule has 0 fully saturated rings. The first-order valence-corrected chi connectivity index (χ1v) is 7.47. The van der Waals surface area contributed by atoms with E-state index in [9.17, 15) is 0 Å². The maximum atomic E-state index is 5.28. The predicted octanol–water partition coefficient (Wildman–Crippen LogP) is 5.37. The van der Waals surface area contributed by atoms with Crippen LogP contribution in [-0.4, -0.2) is 0 Å². The Kier molecular flexibility index (Phi) is 7.58. The Hall–Kier alpha value is -2.58. The van der Waals surface area contributed by atoms with Crippen molar-refractivity contribution < 1.29 is 4.84 Å². The van der Waals surface area contributed by atoms with Crippen molar-refractivity contribution in [3.8, 4) is 0 Å². The van der Waals surface area contributed by atoms with E-state index in [0.717, 1.165) is 16.7 Å². The number of allylic oxidation sites excluding steroid dienone is 8. The van der Waals surface area contributed by atoms with Gasteiger partial charge in [0.05, 0.1) is 0 Å². The summed E-state index contributed by atoms with van der Waals surface area (Å²) in [6.07, 6.45) is 9.28. The van der Waals surface area contributed by atoms with Crippen molar-refractivity contribution in [2.45, 2.75) is 19.8 Å². The molecule has 0 aliphatic heterocycles. The molecule has 1 rings (SSSR count). The van der Waals surface area contributed by atoms with Gasteiger partial charge in [0.25, 0.3) is 0 Å². The highest BCUT2D eigenvalue weighted by molar-refractivity contribution is 5.45. The van der Waals surface area contributed by atoms with Crippen molar-refractivity contribution in [2.75, 3.05) is 0 Å². The molecule has 0 saturated carbocycles. The third kappa shape index (κ3) is 4.97. The van der Waals surface area contributed by atoms with E-state index in [1.54, 1.807) is 12.2 Å². The second-order valence-electron chi connectivity index (χ2n) is 5.21. The molecule has 1 atom stereocenters. The van der Waals surface area contributed by atoms with Gasteiger partial charge in [-0.05, 0) is 36.6 Å². The third-order valence-electron chi connectivity index (χ3n) is 3.61. The second-order valence-corrected chi connectivity index (χ2v) is 5.21. The summed E-state index contributed by atoms with van der Waals surface area (Å²) in [6.45, 7) is 15.5. The van der Waals surface area contributed by atoms with Crippen LogP contribution in [0.4, 0.5) is 0 Å². The van der Waals surface area contributed by atoms with E-state index in [0.29, 0.717) is 5.76 Å². The fourth-order valence-corrected chi connectivity index (χ4v) is 2.58. The van der Waals surface area contributed by atoms with Gasteiger partial charge >= 0.3 is 0 Å². The van der Waals surface area contributed by atoms with Crippen LogP contribution in [0, 0.1) is 0 Å². The molecule has 2 N–H and O–H groups in total. The molecule has 0 aromatic heterocycles. The van der Waals surface area contributed by atoms with E-state index < -0.39 is 0 Å². The molecular weight excluding hydrogens is 282 g/mol. The van der Waals surface area contributed by atoms with Crippen LogP contribution >= 0.6 is 0 Å². The van der Waals surface area contributed by atoms with Crippen LogP contribution in [0.3, 0.4) is 0 Å². The zero-order valence-corrected chi connectivity index (χ0v) is 14.0. The molecule has 1 aromatic rings. The van der Waals surface area contributed by atoms with Gasteiger partial charge in [-0.1, -0.05) is 79.9 Å². The maximum absolute atomic E-state index is 5.28. The van der Waals surface area contributed by atoms with Crippen LogP contribution in [0.5, 0.6) is 0 Å². The maximum Gasteiger partial charge on any atom is 0.149 e. The minimum absolute atomic E-state index is 0.0884. The quantitative estimate of drug-likeness (QED) is 0.398. The van der Waals surface area contributed by atoms with Gasteiger partial charge in [-0.15, -0.1) is 0 Å². The van der Waals surface area contributed by atoms with Crippen LogP contribution in [0.15, 0.2) is 103 Å². The molecule has 0 aliphatic carbocycles. The van der Waals surface area contributed by atoms with Crippen molar-refractivity contribution in [1.82, 2.24) is 0 Å². The molecule has 1 unspecified atom stereocenters. The number of benzene rings is 1. The highest BCUT2D eigenvalue weighted by Crippen LogP contribution is 2.33. The topological polar surface area (TPSA) is 35.2 Å². The average Bonchev–Trinajstić information content (AvgIpc) is 2.56. The summed E-state index contributed by atoms with van der Waals surface area (Å²) < 4.78 is 0. The minimum Gasteiger partial charge on any atom is -0.411 e. The summed E-state index contributed by atoms with van der Waals surface area (Å²) in [4.78, 5) is 4.85. The van der Waals surface area contributed by atoms with Gasteiger partial charge in [0.15, 0.2) is 0 Å². The number of hydrogen-bond acceptors (Lipinski definition) is 2. The highest BCUT2D eigenvalue weighted by Gasteiger charge is 2.16. The fourth-order valence-electron chi connectivity index (χ4n) is 2.58. The molecule has 2 heteroatoms. The van der Waals surface area contributed by atoms with E-state index >= 15 is 0 Å². The number of nitrogens with two attached hydrogens (primary N) is 1. The molecule has 0 heterocycles. The van der Waals surface area contributed by atoms with Gasteiger partial charge in [0.2, 0.25) is 0 Å². The Morgan fingerprint density at radius 2 is 1.74 bits per heavy atom. The van der Waals surface area contributed by atoms with Crippen molar-refractivity contribution in [3.05, 3.63) is 108 Å². The summed E-state index contributed by atoms with van der Waals surface area (Å²) in [5.41, 5.74) is 4.35. The lowest BCUT2D eigenvalue weighted by atomic mass is 9.84. The first-order valence-electron chi connectivity index (χ1n) is 7.47. The largest absolute Gasteiger partial charge is 0.411 e. The summed E-state index contributed by atoms with van der Waals surface area (Å²) in [5.74, 6) is 5.93. The van der Waals surface area contributed by atoms with Crippen molar-refractivity contribution >= 4 is 0 Å². The SMILES string of the molecule is C=C/C=C(\C=C)C(/C(C)=C/C(C)=C(\C=C)ON)c1ccccc1. The van der Waals surface area contributed by atoms with Crippen LogP contribution in [0.1, 0.15) is 25.3 Å². The second kappa shape index (κ2) is 9.44. The van der Waals surface area contributed by atoms with E-state index in [1.807, 2.05) is 37.3 Å². The molecule has 0 aliphatic rings. The summed E-state index contributed by atoms with van der Waals surface area (Å²) in [7, 11) is 0. The smallest absolute Gasteiger partial charge is 0.149 e. The van der Waals surface area contributed by atoms with Crippen LogP contribution in [0.25, 0.3) is 0 Å². The molecule has 0 radical (unpaired) electrons. The number of hydrogen-bond donors (Lipinski definition) is 1. The Labute approximate surface area is 139 Å². The highest BCUT2D eigenvalue weighted by atomic mass is 16.6. The molecule has 23 heavy (non-hydrogen) atoms. The molecule has 0 spiro atoms. The predicted molar refractivity (Wildman–Crippen MR) is 99.6 cm³/mol. The van der Waals surface area contributed by atoms with Gasteiger partial charge < -0.3 is 4.84 Å². The molecule has 2 nitrogen and oxygen atoms in total. The van der Waals surface area contributed by atoms with Crippen molar-refractivity contribution in [3.63, 3.8) is 0 Å². The van der Waals surface area contributed by atoms with E-state index in [-0.39, 0.29) is 5.92 Å². The summed E-state index contributed by atoms with van der Waals surface area (Å²) in [5, 5.41) is 0. The fraction of sp³-hybridized carbons (Fsp3) is 0.143. The molecule has 0 saturated heterocycles. The standard InChI is InChI=1S/C21H25NO/c1-6-12-18(7-2)21(19-13-10-9-11-14-19)17(5)15-16(4)20(8-3)23-22/h6-15,21H,1-3,22H2,4-5H3/b17-15+,18-12+,20-16+. The Balaban J connectivity index is 3.43. The first kappa shape index (κ1) is 18.5. The Bertz CT molecular complexity index is 648. The monoisotopic (exact) mass is 307 g/mol. The lowest BCUT2D eigenvalue weighted by Gasteiger charge is -2.20. The lowest BCUT2D eigenvalue weighted by Crippen LogP contribution is -2.04. The normalized spacial score (nSPS) is 14.6. The lowest BCUT2D eigenvalue weighted by molar-refractivity contribution is 0.231. The Morgan fingerprint density at radius 3 is 2.22 bits per heavy atom. The zero-order chi connectivity index (χ0) is 17.2. The molecule has 120 valence electrons. The van der Waals surface area contributed by atoms with Gasteiger partial charge in [-0.2, -0.15) is 5.90 Å². The van der Waals surface area contributed by atoms with Gasteiger partial charge in [0, 0.05) is 5.92 Å². The number of rotatable bonds is 8. The van der Waals surface area contributed by atoms with Crippen LogP contribution < -0.4 is 5.90 Å². The summed E-state index contributed by atoms with van der Waals surface area (Å²) in [6, 6.07) is 10.3. The zero-order valence-electron chi connectivity index (χ0n) is 14.0. The van der Waals surface area contributed by atoms with Crippen molar-refractivity contribution in [1.29, 1.82) is 0 Å². The average molecular weight is 307 g/mol. The van der Waals surface area contributed by atoms with Gasteiger partial charge in [0.1, 0.15) is 5.76 Å². The molecule has 1 aromatic carbocycles. The third-order valence-corrected chi connectivity index (χ3v) is 3.61. The minimum atomic E-state index is 0.0884. The first-order chi connectivity index (χ1) is 11.1.